The highest BCUT2D eigenvalue weighted by atomic mass is 127. The minimum Gasteiger partial charge on any atom is -0.376 e. The van der Waals surface area contributed by atoms with Crippen LogP contribution in [0.1, 0.15) is 35.1 Å². The van der Waals surface area contributed by atoms with E-state index < -0.39 is 0 Å². The molecular formula is C15H26IN5O2S. The van der Waals surface area contributed by atoms with E-state index in [1.165, 1.54) is 11.3 Å². The molecule has 0 aromatic carbocycles. The van der Waals surface area contributed by atoms with Gasteiger partial charge in [0.1, 0.15) is 4.88 Å². The van der Waals surface area contributed by atoms with Gasteiger partial charge in [0.25, 0.3) is 5.91 Å². The molecule has 1 amide bonds. The molecule has 1 aromatic rings. The summed E-state index contributed by atoms with van der Waals surface area (Å²) in [7, 11) is 0. The lowest BCUT2D eigenvalue weighted by atomic mass is 10.2. The van der Waals surface area contributed by atoms with Crippen molar-refractivity contribution in [3.63, 3.8) is 0 Å². The van der Waals surface area contributed by atoms with Crippen molar-refractivity contribution in [1.29, 1.82) is 0 Å². The maximum Gasteiger partial charge on any atom is 0.263 e. The number of carbonyl (C=O) groups is 1. The average Bonchev–Trinajstić information content (AvgIpc) is 3.20. The largest absolute Gasteiger partial charge is 0.376 e. The van der Waals surface area contributed by atoms with Gasteiger partial charge in [-0.2, -0.15) is 0 Å². The molecule has 1 unspecified atom stereocenters. The van der Waals surface area contributed by atoms with Gasteiger partial charge in [0, 0.05) is 26.2 Å². The summed E-state index contributed by atoms with van der Waals surface area (Å²) >= 11 is 1.36. The van der Waals surface area contributed by atoms with E-state index >= 15 is 0 Å². The van der Waals surface area contributed by atoms with Gasteiger partial charge in [-0.05, 0) is 26.7 Å². The monoisotopic (exact) mass is 467 g/mol. The number of aryl methyl sites for hydroxylation is 1. The van der Waals surface area contributed by atoms with Gasteiger partial charge < -0.3 is 20.7 Å². The first kappa shape index (κ1) is 21.1. The molecular weight excluding hydrogens is 441 g/mol. The van der Waals surface area contributed by atoms with Crippen LogP contribution >= 0.6 is 35.3 Å². The number of rotatable bonds is 7. The quantitative estimate of drug-likeness (QED) is 0.245. The summed E-state index contributed by atoms with van der Waals surface area (Å²) in [5, 5.41) is 9.29. The molecule has 136 valence electrons. The van der Waals surface area contributed by atoms with E-state index in [2.05, 4.69) is 25.9 Å². The minimum atomic E-state index is -0.0758. The summed E-state index contributed by atoms with van der Waals surface area (Å²) in [5.41, 5.74) is 2.45. The minimum absolute atomic E-state index is 0. The molecule has 2 rings (SSSR count). The Morgan fingerprint density at radius 3 is 2.83 bits per heavy atom. The lowest BCUT2D eigenvalue weighted by Crippen LogP contribution is -2.42. The van der Waals surface area contributed by atoms with Crippen molar-refractivity contribution in [2.45, 2.75) is 32.8 Å². The van der Waals surface area contributed by atoms with Crippen molar-refractivity contribution < 1.29 is 9.53 Å². The number of hydrogen-bond donors (Lipinski definition) is 3. The van der Waals surface area contributed by atoms with Crippen molar-refractivity contribution in [2.75, 3.05) is 32.8 Å². The normalized spacial score (nSPS) is 17.2. The van der Waals surface area contributed by atoms with Gasteiger partial charge >= 0.3 is 0 Å². The maximum atomic E-state index is 12.0. The van der Waals surface area contributed by atoms with Gasteiger partial charge in [-0.3, -0.25) is 9.79 Å². The van der Waals surface area contributed by atoms with Gasteiger partial charge in [0.15, 0.2) is 5.96 Å². The first-order valence-corrected chi connectivity index (χ1v) is 8.90. The summed E-state index contributed by atoms with van der Waals surface area (Å²) < 4.78 is 5.57. The topological polar surface area (TPSA) is 87.6 Å². The van der Waals surface area contributed by atoms with E-state index in [-0.39, 0.29) is 36.0 Å². The van der Waals surface area contributed by atoms with E-state index in [0.29, 0.717) is 24.5 Å². The third-order valence-corrected chi connectivity index (χ3v) is 4.40. The number of ether oxygens (including phenoxy) is 1. The Morgan fingerprint density at radius 2 is 2.21 bits per heavy atom. The molecule has 3 N–H and O–H groups in total. The Labute approximate surface area is 164 Å². The van der Waals surface area contributed by atoms with E-state index in [9.17, 15) is 4.79 Å². The lowest BCUT2D eigenvalue weighted by molar-refractivity contribution is 0.0957. The lowest BCUT2D eigenvalue weighted by Gasteiger charge is -2.13. The van der Waals surface area contributed by atoms with Crippen molar-refractivity contribution in [3.8, 4) is 0 Å². The maximum absolute atomic E-state index is 12.0. The molecule has 1 atom stereocenters. The molecule has 0 spiro atoms. The summed E-state index contributed by atoms with van der Waals surface area (Å²) in [6.45, 7) is 7.31. The van der Waals surface area contributed by atoms with Gasteiger partial charge in [0.05, 0.1) is 23.9 Å². The van der Waals surface area contributed by atoms with Crippen molar-refractivity contribution in [3.05, 3.63) is 16.1 Å². The standard InChI is InChI=1S/C15H25N5O2S.HI/c1-3-16-15(19-9-12-5-4-8-22-12)18-7-6-17-14(21)13-11(2)20-10-23-13;/h10,12H,3-9H2,1-2H3,(H,17,21)(H2,16,18,19);1H. The average molecular weight is 467 g/mol. The number of thiazole rings is 1. The summed E-state index contributed by atoms with van der Waals surface area (Å²) in [6.07, 6.45) is 2.43. The summed E-state index contributed by atoms with van der Waals surface area (Å²) in [6, 6.07) is 0. The molecule has 1 aromatic heterocycles. The molecule has 0 saturated carbocycles. The Balaban J connectivity index is 0.00000288. The predicted molar refractivity (Wildman–Crippen MR) is 108 cm³/mol. The molecule has 1 fully saturated rings. The molecule has 0 radical (unpaired) electrons. The fourth-order valence-corrected chi connectivity index (χ4v) is 3.00. The predicted octanol–water partition coefficient (Wildman–Crippen LogP) is 1.53. The zero-order chi connectivity index (χ0) is 16.5. The van der Waals surface area contributed by atoms with E-state index in [1.54, 1.807) is 5.51 Å². The number of guanidine groups is 1. The van der Waals surface area contributed by atoms with Crippen LogP contribution in [-0.4, -0.2) is 55.7 Å². The van der Waals surface area contributed by atoms with E-state index in [0.717, 1.165) is 37.6 Å². The molecule has 2 heterocycles. The number of aromatic nitrogens is 1. The highest BCUT2D eigenvalue weighted by Gasteiger charge is 2.15. The molecule has 1 saturated heterocycles. The van der Waals surface area contributed by atoms with Crippen LogP contribution in [0.2, 0.25) is 0 Å². The molecule has 0 aliphatic carbocycles. The third kappa shape index (κ3) is 6.89. The van der Waals surface area contributed by atoms with Gasteiger partial charge in [0.2, 0.25) is 0 Å². The fraction of sp³-hybridized carbons (Fsp3) is 0.667. The van der Waals surface area contributed by atoms with Crippen molar-refractivity contribution >= 4 is 47.2 Å². The number of nitrogens with one attached hydrogen (secondary N) is 3. The van der Waals surface area contributed by atoms with Crippen LogP contribution in [0.25, 0.3) is 0 Å². The fourth-order valence-electron chi connectivity index (χ4n) is 2.28. The number of nitrogens with zero attached hydrogens (tertiary/aromatic N) is 2. The zero-order valence-electron chi connectivity index (χ0n) is 14.1. The SMILES string of the molecule is CCNC(=NCC1CCCO1)NCCNC(=O)c1scnc1C.I. The zero-order valence-corrected chi connectivity index (χ0v) is 17.3. The van der Waals surface area contributed by atoms with Gasteiger partial charge in [-0.15, -0.1) is 35.3 Å². The highest BCUT2D eigenvalue weighted by molar-refractivity contribution is 14.0. The second kappa shape index (κ2) is 11.6. The van der Waals surface area contributed by atoms with Crippen LogP contribution in [-0.2, 0) is 4.74 Å². The molecule has 1 aliphatic rings. The van der Waals surface area contributed by atoms with Gasteiger partial charge in [-0.1, -0.05) is 0 Å². The van der Waals surface area contributed by atoms with Gasteiger partial charge in [-0.25, -0.2) is 4.98 Å². The van der Waals surface area contributed by atoms with Crippen molar-refractivity contribution in [2.24, 2.45) is 4.99 Å². The van der Waals surface area contributed by atoms with E-state index in [4.69, 9.17) is 4.74 Å². The summed E-state index contributed by atoms with van der Waals surface area (Å²) in [4.78, 5) is 21.2. The molecule has 9 heteroatoms. The number of hydrogen-bond acceptors (Lipinski definition) is 5. The molecule has 7 nitrogen and oxygen atoms in total. The van der Waals surface area contributed by atoms with Crippen LogP contribution in [0.4, 0.5) is 0 Å². The molecule has 0 bridgehead atoms. The van der Waals surface area contributed by atoms with Crippen LogP contribution in [0.5, 0.6) is 0 Å². The second-order valence-electron chi connectivity index (χ2n) is 5.30. The van der Waals surface area contributed by atoms with Crippen molar-refractivity contribution in [1.82, 2.24) is 20.9 Å². The Kier molecular flexibility index (Phi) is 10.2. The van der Waals surface area contributed by atoms with Crippen LogP contribution < -0.4 is 16.0 Å². The Hall–Kier alpha value is -0.940. The first-order chi connectivity index (χ1) is 11.2. The second-order valence-corrected chi connectivity index (χ2v) is 6.16. The first-order valence-electron chi connectivity index (χ1n) is 8.02. The number of amides is 1. The number of aliphatic imine (C=N–C) groups is 1. The van der Waals surface area contributed by atoms with E-state index in [1.807, 2.05) is 13.8 Å². The van der Waals surface area contributed by atoms with Crippen LogP contribution in [0, 0.1) is 6.92 Å². The Morgan fingerprint density at radius 1 is 1.42 bits per heavy atom. The smallest absolute Gasteiger partial charge is 0.263 e. The Bertz CT molecular complexity index is 532. The van der Waals surface area contributed by atoms with Crippen LogP contribution in [0.15, 0.2) is 10.5 Å². The third-order valence-electron chi connectivity index (χ3n) is 3.48. The van der Waals surface area contributed by atoms with Crippen LogP contribution in [0.3, 0.4) is 0 Å². The highest BCUT2D eigenvalue weighted by Crippen LogP contribution is 2.12. The summed E-state index contributed by atoms with van der Waals surface area (Å²) in [5.74, 6) is 0.680. The molecule has 1 aliphatic heterocycles. The number of carbonyl (C=O) groups excluding carboxylic acids is 1. The number of halogens is 1. The molecule has 24 heavy (non-hydrogen) atoms.